The number of nitrogens with zero attached hydrogens (tertiary/aromatic N) is 2. The maximum absolute atomic E-state index is 13.4. The van der Waals surface area contributed by atoms with Crippen LogP contribution in [0.1, 0.15) is 53.7 Å². The minimum atomic E-state index is -3.99. The van der Waals surface area contributed by atoms with E-state index in [0.29, 0.717) is 29.9 Å². The topological polar surface area (TPSA) is 97.7 Å². The summed E-state index contributed by atoms with van der Waals surface area (Å²) in [5.41, 5.74) is 3.08. The lowest BCUT2D eigenvalue weighted by molar-refractivity contribution is 0.0672. The van der Waals surface area contributed by atoms with Crippen LogP contribution in [0.15, 0.2) is 84.9 Å². The Bertz CT molecular complexity index is 1660. The van der Waals surface area contributed by atoms with Gasteiger partial charge < -0.3 is 14.2 Å². The SMILES string of the molecule is O=C(NS(=O)(=O)CCC1CCCCN1C(=O)OCc1ccccc1)c1cc2c(Cl)cccc2n1CCCc1ccccc1. The molecule has 8 nitrogen and oxygen atoms in total. The Morgan fingerprint density at radius 1 is 0.930 bits per heavy atom. The average molecular weight is 622 g/mol. The molecule has 4 aromatic rings. The van der Waals surface area contributed by atoms with E-state index in [-0.39, 0.29) is 30.5 Å². The number of carbonyl (C=O) groups excluding carboxylic acids is 2. The number of carbonyl (C=O) groups is 2. The van der Waals surface area contributed by atoms with Crippen molar-refractivity contribution in [3.05, 3.63) is 107 Å². The van der Waals surface area contributed by atoms with Gasteiger partial charge in [0.15, 0.2) is 0 Å². The van der Waals surface area contributed by atoms with Crippen LogP contribution in [0.4, 0.5) is 4.79 Å². The number of hydrogen-bond donors (Lipinski definition) is 1. The highest BCUT2D eigenvalue weighted by Crippen LogP contribution is 2.28. The summed E-state index contributed by atoms with van der Waals surface area (Å²) >= 11 is 6.44. The van der Waals surface area contributed by atoms with Crippen LogP contribution in [0, 0.1) is 0 Å². The van der Waals surface area contributed by atoms with E-state index in [1.54, 1.807) is 17.0 Å². The van der Waals surface area contributed by atoms with Gasteiger partial charge in [-0.3, -0.25) is 4.79 Å². The van der Waals surface area contributed by atoms with Gasteiger partial charge in [0.2, 0.25) is 10.0 Å². The molecule has 2 heterocycles. The number of likely N-dealkylation sites (tertiary alicyclic amines) is 1. The number of sulfonamides is 1. The highest BCUT2D eigenvalue weighted by Gasteiger charge is 2.30. The lowest BCUT2D eigenvalue weighted by Crippen LogP contribution is -2.45. The summed E-state index contributed by atoms with van der Waals surface area (Å²) in [5.74, 6) is -0.990. The van der Waals surface area contributed by atoms with E-state index in [1.165, 1.54) is 5.56 Å². The van der Waals surface area contributed by atoms with Crippen LogP contribution in [0.25, 0.3) is 10.9 Å². The van der Waals surface area contributed by atoms with E-state index in [0.717, 1.165) is 36.8 Å². The summed E-state index contributed by atoms with van der Waals surface area (Å²) < 4.78 is 35.9. The molecule has 1 aliphatic heterocycles. The third kappa shape index (κ3) is 7.97. The number of rotatable bonds is 11. The summed E-state index contributed by atoms with van der Waals surface area (Å²) in [5, 5.41) is 1.19. The molecule has 0 spiro atoms. The molecule has 1 atom stereocenters. The average Bonchev–Trinajstić information content (AvgIpc) is 3.40. The molecule has 1 N–H and O–H groups in total. The van der Waals surface area contributed by atoms with Crippen LogP contribution in [0.3, 0.4) is 0 Å². The predicted octanol–water partition coefficient (Wildman–Crippen LogP) is 6.57. The second kappa shape index (κ2) is 14.1. The van der Waals surface area contributed by atoms with Gasteiger partial charge in [-0.05, 0) is 67.9 Å². The van der Waals surface area contributed by atoms with Crippen LogP contribution < -0.4 is 4.72 Å². The first-order valence-electron chi connectivity index (χ1n) is 14.6. The molecule has 1 fully saturated rings. The highest BCUT2D eigenvalue weighted by atomic mass is 35.5. The van der Waals surface area contributed by atoms with E-state index in [2.05, 4.69) is 16.9 Å². The van der Waals surface area contributed by atoms with Gasteiger partial charge in [-0.2, -0.15) is 0 Å². The van der Waals surface area contributed by atoms with Crippen LogP contribution in [-0.4, -0.2) is 48.2 Å². The van der Waals surface area contributed by atoms with Crippen molar-refractivity contribution in [1.29, 1.82) is 0 Å². The molecule has 226 valence electrons. The Balaban J connectivity index is 1.23. The lowest BCUT2D eigenvalue weighted by atomic mass is 10.0. The van der Waals surface area contributed by atoms with E-state index in [1.807, 2.05) is 65.2 Å². The minimum Gasteiger partial charge on any atom is -0.445 e. The third-order valence-electron chi connectivity index (χ3n) is 7.85. The van der Waals surface area contributed by atoms with Gasteiger partial charge in [-0.1, -0.05) is 78.3 Å². The van der Waals surface area contributed by atoms with Crippen LogP contribution in [0.2, 0.25) is 5.02 Å². The van der Waals surface area contributed by atoms with E-state index < -0.39 is 22.0 Å². The predicted molar refractivity (Wildman–Crippen MR) is 169 cm³/mol. The Morgan fingerprint density at radius 2 is 1.65 bits per heavy atom. The summed E-state index contributed by atoms with van der Waals surface area (Å²) in [6.07, 6.45) is 3.72. The van der Waals surface area contributed by atoms with Crippen molar-refractivity contribution in [2.75, 3.05) is 12.3 Å². The molecule has 3 aromatic carbocycles. The molecule has 5 rings (SSSR count). The first-order chi connectivity index (χ1) is 20.8. The number of benzene rings is 3. The fraction of sp³-hybridized carbons (Fsp3) is 0.333. The number of aryl methyl sites for hydroxylation is 2. The van der Waals surface area contributed by atoms with Crippen molar-refractivity contribution >= 4 is 44.5 Å². The van der Waals surface area contributed by atoms with Crippen molar-refractivity contribution in [2.24, 2.45) is 0 Å². The van der Waals surface area contributed by atoms with Gasteiger partial charge in [0, 0.05) is 29.5 Å². The van der Waals surface area contributed by atoms with Crippen molar-refractivity contribution < 1.29 is 22.7 Å². The molecule has 1 aromatic heterocycles. The molecule has 0 saturated carbocycles. The third-order valence-corrected chi connectivity index (χ3v) is 9.45. The molecule has 10 heteroatoms. The molecule has 43 heavy (non-hydrogen) atoms. The molecule has 0 bridgehead atoms. The molecule has 2 amide bonds. The Kier molecular flexibility index (Phi) is 10.0. The molecule has 0 radical (unpaired) electrons. The van der Waals surface area contributed by atoms with Gasteiger partial charge in [0.1, 0.15) is 12.3 Å². The second-order valence-electron chi connectivity index (χ2n) is 10.9. The largest absolute Gasteiger partial charge is 0.445 e. The maximum atomic E-state index is 13.4. The standard InChI is InChI=1S/C33H36ClN3O5S/c34-29-17-9-18-30-28(29)23-31(37(30)21-10-15-25-11-3-1-4-12-25)32(38)35-43(40,41)22-19-27-16-7-8-20-36(27)33(39)42-24-26-13-5-2-6-14-26/h1-6,9,11-14,17-18,23,27H,7-8,10,15-16,19-22,24H2,(H,35,38). The Morgan fingerprint density at radius 3 is 2.40 bits per heavy atom. The smallest absolute Gasteiger partial charge is 0.410 e. The minimum absolute atomic E-state index is 0.153. The second-order valence-corrected chi connectivity index (χ2v) is 13.1. The van der Waals surface area contributed by atoms with Crippen molar-refractivity contribution in [2.45, 2.75) is 57.7 Å². The Hall–Kier alpha value is -3.82. The van der Waals surface area contributed by atoms with Crippen LogP contribution >= 0.6 is 11.6 Å². The number of amides is 2. The number of hydrogen-bond acceptors (Lipinski definition) is 5. The fourth-order valence-electron chi connectivity index (χ4n) is 5.64. The van der Waals surface area contributed by atoms with Gasteiger partial charge in [0.05, 0.1) is 11.3 Å². The number of fused-ring (bicyclic) bond motifs is 1. The van der Waals surface area contributed by atoms with E-state index in [4.69, 9.17) is 16.3 Å². The first-order valence-corrected chi connectivity index (χ1v) is 16.7. The number of nitrogens with one attached hydrogen (secondary N) is 1. The molecule has 1 aliphatic rings. The molecule has 1 saturated heterocycles. The van der Waals surface area contributed by atoms with Crippen LogP contribution in [0.5, 0.6) is 0 Å². The summed E-state index contributed by atoms with van der Waals surface area (Å²) in [6, 6.07) is 26.3. The highest BCUT2D eigenvalue weighted by molar-refractivity contribution is 7.90. The van der Waals surface area contributed by atoms with Gasteiger partial charge in [0.25, 0.3) is 5.91 Å². The Labute approximate surface area is 257 Å². The molecular formula is C33H36ClN3O5S. The van der Waals surface area contributed by atoms with Gasteiger partial charge in [-0.15, -0.1) is 0 Å². The summed E-state index contributed by atoms with van der Waals surface area (Å²) in [7, 11) is -3.99. The molecule has 1 unspecified atom stereocenters. The van der Waals surface area contributed by atoms with E-state index >= 15 is 0 Å². The molecule has 0 aliphatic carbocycles. The van der Waals surface area contributed by atoms with Crippen LogP contribution in [-0.2, 0) is 34.3 Å². The summed E-state index contributed by atoms with van der Waals surface area (Å²) in [6.45, 7) is 1.18. The monoisotopic (exact) mass is 621 g/mol. The van der Waals surface area contributed by atoms with Gasteiger partial charge >= 0.3 is 6.09 Å². The van der Waals surface area contributed by atoms with Crippen molar-refractivity contribution in [3.8, 4) is 0 Å². The summed E-state index contributed by atoms with van der Waals surface area (Å²) in [4.78, 5) is 27.9. The zero-order valence-electron chi connectivity index (χ0n) is 24.0. The number of piperidine rings is 1. The number of halogens is 1. The van der Waals surface area contributed by atoms with Gasteiger partial charge in [-0.25, -0.2) is 17.9 Å². The normalized spacial score (nSPS) is 15.4. The van der Waals surface area contributed by atoms with Crippen molar-refractivity contribution in [1.82, 2.24) is 14.2 Å². The fourth-order valence-corrected chi connectivity index (χ4v) is 6.94. The van der Waals surface area contributed by atoms with E-state index in [9.17, 15) is 18.0 Å². The van der Waals surface area contributed by atoms with Crippen molar-refractivity contribution in [3.63, 3.8) is 0 Å². The lowest BCUT2D eigenvalue weighted by Gasteiger charge is -2.34. The maximum Gasteiger partial charge on any atom is 0.410 e. The zero-order valence-corrected chi connectivity index (χ0v) is 25.5. The zero-order chi connectivity index (χ0) is 30.2. The quantitative estimate of drug-likeness (QED) is 0.204. The first kappa shape index (κ1) is 30.6. The number of ether oxygens (including phenoxy) is 1. The number of aromatic nitrogens is 1. The molecular weight excluding hydrogens is 586 g/mol.